The Morgan fingerprint density at radius 3 is 2.80 bits per heavy atom. The molecule has 2 bridgehead atoms. The minimum atomic E-state index is 0.274. The summed E-state index contributed by atoms with van der Waals surface area (Å²) < 4.78 is 10.6. The van der Waals surface area contributed by atoms with Gasteiger partial charge in [-0.25, -0.2) is 0 Å². The summed E-state index contributed by atoms with van der Waals surface area (Å²) in [5.41, 5.74) is 1.11. The van der Waals surface area contributed by atoms with E-state index >= 15 is 0 Å². The van der Waals surface area contributed by atoms with Crippen LogP contribution in [0.5, 0.6) is 5.75 Å². The van der Waals surface area contributed by atoms with E-state index in [0.717, 1.165) is 50.5 Å². The molecule has 25 heavy (non-hydrogen) atoms. The molecule has 4 rings (SSSR count). The van der Waals surface area contributed by atoms with E-state index in [-0.39, 0.29) is 5.91 Å². The van der Waals surface area contributed by atoms with E-state index in [4.69, 9.17) is 9.47 Å². The number of amides is 1. The largest absolute Gasteiger partial charge is 0.496 e. The summed E-state index contributed by atoms with van der Waals surface area (Å²) in [5, 5.41) is 0. The smallest absolute Gasteiger partial charge is 0.222 e. The van der Waals surface area contributed by atoms with Gasteiger partial charge >= 0.3 is 0 Å². The maximum atomic E-state index is 12.8. The third-order valence-corrected chi connectivity index (χ3v) is 5.56. The maximum Gasteiger partial charge on any atom is 0.222 e. The molecule has 2 atom stereocenters. The van der Waals surface area contributed by atoms with Crippen LogP contribution in [0.15, 0.2) is 24.3 Å². The molecule has 5 heteroatoms. The molecule has 1 amide bonds. The van der Waals surface area contributed by atoms with Gasteiger partial charge in [0, 0.05) is 45.8 Å². The SMILES string of the molecule is COCCN1C[C@@H]2CC[C@H]1CN(C(=O)CCc1ccccc1OC)C2. The number of carbonyl (C=O) groups is 1. The van der Waals surface area contributed by atoms with Crippen molar-refractivity contribution < 1.29 is 14.3 Å². The molecule has 3 aliphatic rings. The number of para-hydroxylation sites is 1. The topological polar surface area (TPSA) is 42.0 Å². The van der Waals surface area contributed by atoms with E-state index < -0.39 is 0 Å². The molecular formula is C20H30N2O3. The average Bonchev–Trinajstić information content (AvgIpc) is 2.96. The molecule has 1 aromatic carbocycles. The first-order valence-electron chi connectivity index (χ1n) is 9.34. The number of fused-ring (bicyclic) bond motifs is 4. The molecule has 3 fully saturated rings. The first kappa shape index (κ1) is 18.2. The maximum absolute atomic E-state index is 12.8. The van der Waals surface area contributed by atoms with Gasteiger partial charge in [0.15, 0.2) is 0 Å². The number of piperidine rings is 1. The normalized spacial score (nSPS) is 23.5. The molecule has 3 aliphatic heterocycles. The molecule has 1 aromatic rings. The summed E-state index contributed by atoms with van der Waals surface area (Å²) in [6, 6.07) is 8.46. The Bertz CT molecular complexity index is 578. The average molecular weight is 346 g/mol. The van der Waals surface area contributed by atoms with E-state index in [1.807, 2.05) is 24.3 Å². The Kier molecular flexibility index (Phi) is 6.32. The fourth-order valence-electron chi connectivity index (χ4n) is 4.17. The van der Waals surface area contributed by atoms with Gasteiger partial charge in [0.2, 0.25) is 5.91 Å². The van der Waals surface area contributed by atoms with Crippen molar-refractivity contribution in [3.8, 4) is 5.75 Å². The van der Waals surface area contributed by atoms with Gasteiger partial charge in [0.05, 0.1) is 13.7 Å². The fourth-order valence-corrected chi connectivity index (χ4v) is 4.17. The number of methoxy groups -OCH3 is 2. The number of ether oxygens (including phenoxy) is 2. The van der Waals surface area contributed by atoms with Gasteiger partial charge < -0.3 is 14.4 Å². The lowest BCUT2D eigenvalue weighted by molar-refractivity contribution is -0.131. The molecule has 0 radical (unpaired) electrons. The van der Waals surface area contributed by atoms with Crippen molar-refractivity contribution in [3.05, 3.63) is 29.8 Å². The zero-order valence-corrected chi connectivity index (χ0v) is 15.4. The van der Waals surface area contributed by atoms with Crippen molar-refractivity contribution in [2.45, 2.75) is 31.7 Å². The van der Waals surface area contributed by atoms with Crippen molar-refractivity contribution >= 4 is 5.91 Å². The Labute approximate surface area is 150 Å². The van der Waals surface area contributed by atoms with E-state index in [1.165, 1.54) is 12.8 Å². The summed E-state index contributed by atoms with van der Waals surface area (Å²) in [6.45, 7) is 4.62. The zero-order valence-electron chi connectivity index (χ0n) is 15.4. The van der Waals surface area contributed by atoms with Gasteiger partial charge in [-0.1, -0.05) is 18.2 Å². The predicted octanol–water partition coefficient (Wildman–Crippen LogP) is 2.20. The summed E-state index contributed by atoms with van der Waals surface area (Å²) in [6.07, 6.45) is 3.73. The van der Waals surface area contributed by atoms with Crippen molar-refractivity contribution in [1.82, 2.24) is 9.80 Å². The number of aryl methyl sites for hydroxylation is 1. The van der Waals surface area contributed by atoms with E-state index in [1.54, 1.807) is 14.2 Å². The molecule has 3 heterocycles. The third-order valence-electron chi connectivity index (χ3n) is 5.56. The second-order valence-electron chi connectivity index (χ2n) is 7.20. The number of rotatable bonds is 7. The Hall–Kier alpha value is -1.59. The van der Waals surface area contributed by atoms with E-state index in [9.17, 15) is 4.79 Å². The highest BCUT2D eigenvalue weighted by Gasteiger charge is 2.35. The zero-order chi connectivity index (χ0) is 17.6. The number of benzene rings is 1. The quantitative estimate of drug-likeness (QED) is 0.759. The van der Waals surface area contributed by atoms with Crippen LogP contribution in [0, 0.1) is 5.92 Å². The number of hydrogen-bond acceptors (Lipinski definition) is 4. The lowest BCUT2D eigenvalue weighted by Gasteiger charge is -2.35. The van der Waals surface area contributed by atoms with Crippen LogP contribution in [0.25, 0.3) is 0 Å². The summed E-state index contributed by atoms with van der Waals surface area (Å²) >= 11 is 0. The van der Waals surface area contributed by atoms with Crippen LogP contribution in [0.1, 0.15) is 24.8 Å². The van der Waals surface area contributed by atoms with Crippen LogP contribution in [-0.2, 0) is 16.0 Å². The summed E-state index contributed by atoms with van der Waals surface area (Å²) in [7, 11) is 3.44. The van der Waals surface area contributed by atoms with Gasteiger partial charge in [0.25, 0.3) is 0 Å². The van der Waals surface area contributed by atoms with E-state index in [0.29, 0.717) is 18.4 Å². The van der Waals surface area contributed by atoms with Crippen LogP contribution < -0.4 is 4.74 Å². The van der Waals surface area contributed by atoms with Crippen LogP contribution in [-0.4, -0.2) is 68.8 Å². The molecule has 0 unspecified atom stereocenters. The van der Waals surface area contributed by atoms with Gasteiger partial charge in [-0.2, -0.15) is 0 Å². The van der Waals surface area contributed by atoms with Crippen LogP contribution in [0.3, 0.4) is 0 Å². The lowest BCUT2D eigenvalue weighted by atomic mass is 9.95. The summed E-state index contributed by atoms with van der Waals surface area (Å²) in [5.74, 6) is 1.75. The van der Waals surface area contributed by atoms with Crippen molar-refractivity contribution in [2.75, 3.05) is 47.0 Å². The van der Waals surface area contributed by atoms with Gasteiger partial charge in [0.1, 0.15) is 5.75 Å². The van der Waals surface area contributed by atoms with Crippen LogP contribution in [0.4, 0.5) is 0 Å². The number of hydrogen-bond donors (Lipinski definition) is 0. The molecular weight excluding hydrogens is 316 g/mol. The minimum absolute atomic E-state index is 0.274. The fraction of sp³-hybridized carbons (Fsp3) is 0.650. The molecule has 0 aromatic heterocycles. The monoisotopic (exact) mass is 346 g/mol. The lowest BCUT2D eigenvalue weighted by Crippen LogP contribution is -2.45. The number of nitrogens with zero attached hydrogens (tertiary/aromatic N) is 2. The molecule has 0 saturated carbocycles. The standard InChI is InChI=1S/C20H30N2O3/c1-24-12-11-21-13-16-7-9-18(21)15-22(14-16)20(23)10-8-17-5-3-4-6-19(17)25-2/h3-6,16,18H,7-15H2,1-2H3/t16-,18-/m0/s1. The Morgan fingerprint density at radius 2 is 2.00 bits per heavy atom. The predicted molar refractivity (Wildman–Crippen MR) is 97.9 cm³/mol. The van der Waals surface area contributed by atoms with Crippen molar-refractivity contribution in [1.29, 1.82) is 0 Å². The first-order valence-corrected chi connectivity index (χ1v) is 9.34. The third kappa shape index (κ3) is 4.53. The molecule has 0 N–H and O–H groups in total. The summed E-state index contributed by atoms with van der Waals surface area (Å²) in [4.78, 5) is 17.4. The van der Waals surface area contributed by atoms with Crippen molar-refractivity contribution in [3.63, 3.8) is 0 Å². The first-order chi connectivity index (χ1) is 12.2. The van der Waals surface area contributed by atoms with Gasteiger partial charge in [-0.15, -0.1) is 0 Å². The highest BCUT2D eigenvalue weighted by molar-refractivity contribution is 5.76. The molecule has 138 valence electrons. The Morgan fingerprint density at radius 1 is 1.16 bits per heavy atom. The molecule has 0 aliphatic carbocycles. The second-order valence-corrected chi connectivity index (χ2v) is 7.20. The minimum Gasteiger partial charge on any atom is -0.496 e. The second kappa shape index (κ2) is 8.68. The van der Waals surface area contributed by atoms with Crippen molar-refractivity contribution in [2.24, 2.45) is 5.92 Å². The molecule has 5 nitrogen and oxygen atoms in total. The Balaban J connectivity index is 1.57. The van der Waals surface area contributed by atoms with Gasteiger partial charge in [-0.3, -0.25) is 9.69 Å². The highest BCUT2D eigenvalue weighted by Crippen LogP contribution is 2.28. The van der Waals surface area contributed by atoms with E-state index in [2.05, 4.69) is 9.80 Å². The highest BCUT2D eigenvalue weighted by atomic mass is 16.5. The van der Waals surface area contributed by atoms with Crippen LogP contribution >= 0.6 is 0 Å². The van der Waals surface area contributed by atoms with Gasteiger partial charge in [-0.05, 0) is 36.8 Å². The molecule has 3 saturated heterocycles. The number of carbonyl (C=O) groups excluding carboxylic acids is 1. The van der Waals surface area contributed by atoms with Crippen LogP contribution in [0.2, 0.25) is 0 Å². The molecule has 0 spiro atoms.